The first kappa shape index (κ1) is 15.7. The summed E-state index contributed by atoms with van der Waals surface area (Å²) in [4.78, 5) is 30.2. The van der Waals surface area contributed by atoms with Gasteiger partial charge in [-0.1, -0.05) is 17.7 Å². The normalized spacial score (nSPS) is 21.1. The number of benzene rings is 1. The lowest BCUT2D eigenvalue weighted by molar-refractivity contribution is -0.132. The molecule has 0 unspecified atom stereocenters. The number of carbonyl (C=O) groups excluding carboxylic acids is 2. The van der Waals surface area contributed by atoms with Crippen LogP contribution < -0.4 is 5.32 Å². The number of hydrogen-bond donors (Lipinski definition) is 1. The smallest absolute Gasteiger partial charge is 0.325 e. The summed E-state index contributed by atoms with van der Waals surface area (Å²) in [5.41, 5.74) is 0.401. The fourth-order valence-corrected chi connectivity index (χ4v) is 2.99. The van der Waals surface area contributed by atoms with Crippen LogP contribution in [0.2, 0.25) is 5.02 Å². The quantitative estimate of drug-likeness (QED) is 0.872. The van der Waals surface area contributed by atoms with E-state index in [0.717, 1.165) is 10.9 Å². The second-order valence-electron chi connectivity index (χ2n) is 5.69. The van der Waals surface area contributed by atoms with Crippen LogP contribution in [0.25, 0.3) is 10.9 Å². The Morgan fingerprint density at radius 1 is 1.35 bits per heavy atom. The first-order chi connectivity index (χ1) is 11.0. The lowest BCUT2D eigenvalue weighted by Crippen LogP contribution is -2.47. The van der Waals surface area contributed by atoms with Gasteiger partial charge >= 0.3 is 6.03 Å². The van der Waals surface area contributed by atoms with E-state index >= 15 is 0 Å². The lowest BCUT2D eigenvalue weighted by Gasteiger charge is -2.20. The average molecular weight is 334 g/mol. The Kier molecular flexibility index (Phi) is 3.95. The van der Waals surface area contributed by atoms with Crippen molar-refractivity contribution in [1.29, 1.82) is 0 Å². The summed E-state index contributed by atoms with van der Waals surface area (Å²) in [6.07, 6.45) is 1.66. The second kappa shape index (κ2) is 5.79. The molecule has 2 aromatic rings. The number of ether oxygens (including phenoxy) is 1. The topological polar surface area (TPSA) is 71.5 Å². The largest absolute Gasteiger partial charge is 0.382 e. The first-order valence-corrected chi connectivity index (χ1v) is 7.49. The first-order valence-electron chi connectivity index (χ1n) is 7.11. The van der Waals surface area contributed by atoms with E-state index in [1.54, 1.807) is 31.3 Å². The standard InChI is InChI=1S/C16H16ClN3O3/c1-16(9-23-2)14(21)20(15(22)19-16)8-10-5-6-12(17)11-4-3-7-18-13(10)11/h3-7H,8-9H2,1-2H3,(H,19,22)/t16-/m0/s1. The van der Waals surface area contributed by atoms with Crippen molar-refractivity contribution >= 4 is 34.4 Å². The Morgan fingerprint density at radius 3 is 2.87 bits per heavy atom. The van der Waals surface area contributed by atoms with Gasteiger partial charge in [0.1, 0.15) is 5.54 Å². The summed E-state index contributed by atoms with van der Waals surface area (Å²) in [6, 6.07) is 6.74. The molecule has 3 rings (SSSR count). The van der Waals surface area contributed by atoms with Crippen molar-refractivity contribution in [2.45, 2.75) is 19.0 Å². The highest BCUT2D eigenvalue weighted by atomic mass is 35.5. The SMILES string of the molecule is COC[C@]1(C)NC(=O)N(Cc2ccc(Cl)c3cccnc23)C1=O. The van der Waals surface area contributed by atoms with Crippen molar-refractivity contribution in [1.82, 2.24) is 15.2 Å². The predicted molar refractivity (Wildman–Crippen MR) is 86.1 cm³/mol. The lowest BCUT2D eigenvalue weighted by atomic mass is 10.0. The minimum Gasteiger partial charge on any atom is -0.382 e. The van der Waals surface area contributed by atoms with Crippen molar-refractivity contribution in [3.63, 3.8) is 0 Å². The number of pyridine rings is 1. The molecule has 120 valence electrons. The van der Waals surface area contributed by atoms with Crippen molar-refractivity contribution in [2.24, 2.45) is 0 Å². The van der Waals surface area contributed by atoms with E-state index in [0.29, 0.717) is 10.5 Å². The summed E-state index contributed by atoms with van der Waals surface area (Å²) >= 11 is 6.17. The number of rotatable bonds is 4. The fourth-order valence-electron chi connectivity index (χ4n) is 2.77. The minimum atomic E-state index is -1.04. The van der Waals surface area contributed by atoms with Crippen molar-refractivity contribution in [2.75, 3.05) is 13.7 Å². The summed E-state index contributed by atoms with van der Waals surface area (Å²) in [6.45, 7) is 1.90. The van der Waals surface area contributed by atoms with Gasteiger partial charge in [-0.05, 0) is 30.7 Å². The van der Waals surface area contributed by atoms with Gasteiger partial charge < -0.3 is 10.1 Å². The number of nitrogens with zero attached hydrogens (tertiary/aromatic N) is 2. The van der Waals surface area contributed by atoms with Crippen molar-refractivity contribution in [3.8, 4) is 0 Å². The number of halogens is 1. The third-order valence-electron chi connectivity index (χ3n) is 3.91. The maximum absolute atomic E-state index is 12.6. The predicted octanol–water partition coefficient (Wildman–Crippen LogP) is 2.35. The molecule has 1 aromatic carbocycles. The molecule has 0 aliphatic carbocycles. The number of hydrogen-bond acceptors (Lipinski definition) is 4. The number of fused-ring (bicyclic) bond motifs is 1. The fraction of sp³-hybridized carbons (Fsp3) is 0.312. The maximum atomic E-state index is 12.6. The van der Waals surface area contributed by atoms with Crippen LogP contribution in [0, 0.1) is 0 Å². The van der Waals surface area contributed by atoms with Crippen LogP contribution in [-0.4, -0.2) is 41.1 Å². The molecule has 2 heterocycles. The molecule has 0 spiro atoms. The monoisotopic (exact) mass is 333 g/mol. The van der Waals surface area contributed by atoms with Crippen LogP contribution in [0.3, 0.4) is 0 Å². The van der Waals surface area contributed by atoms with Crippen LogP contribution in [0.15, 0.2) is 30.5 Å². The van der Waals surface area contributed by atoms with E-state index < -0.39 is 11.6 Å². The van der Waals surface area contributed by atoms with E-state index in [1.807, 2.05) is 6.07 Å². The Morgan fingerprint density at radius 2 is 2.13 bits per heavy atom. The van der Waals surface area contributed by atoms with Gasteiger partial charge in [-0.3, -0.25) is 14.7 Å². The van der Waals surface area contributed by atoms with E-state index in [4.69, 9.17) is 16.3 Å². The zero-order valence-electron chi connectivity index (χ0n) is 12.8. The molecule has 0 radical (unpaired) electrons. The number of urea groups is 1. The molecule has 1 N–H and O–H groups in total. The number of carbonyl (C=O) groups is 2. The Labute approximate surface area is 138 Å². The summed E-state index contributed by atoms with van der Waals surface area (Å²) in [7, 11) is 1.49. The van der Waals surface area contributed by atoms with Gasteiger partial charge in [0.25, 0.3) is 5.91 Å². The number of amides is 3. The summed E-state index contributed by atoms with van der Waals surface area (Å²) in [5.74, 6) is -0.316. The summed E-state index contributed by atoms with van der Waals surface area (Å²) < 4.78 is 5.04. The number of nitrogens with one attached hydrogen (secondary N) is 1. The van der Waals surface area contributed by atoms with E-state index in [-0.39, 0.29) is 19.1 Å². The molecule has 3 amide bonds. The minimum absolute atomic E-state index is 0.119. The molecule has 0 bridgehead atoms. The molecule has 1 atom stereocenters. The maximum Gasteiger partial charge on any atom is 0.325 e. The number of methoxy groups -OCH3 is 1. The van der Waals surface area contributed by atoms with E-state index in [2.05, 4.69) is 10.3 Å². The van der Waals surface area contributed by atoms with Crippen LogP contribution in [-0.2, 0) is 16.1 Å². The molecule has 1 saturated heterocycles. The van der Waals surface area contributed by atoms with Crippen molar-refractivity contribution in [3.05, 3.63) is 41.0 Å². The van der Waals surface area contributed by atoms with Gasteiger partial charge in [0.15, 0.2) is 0 Å². The van der Waals surface area contributed by atoms with Gasteiger partial charge in [-0.2, -0.15) is 0 Å². The van der Waals surface area contributed by atoms with Crippen molar-refractivity contribution < 1.29 is 14.3 Å². The number of aromatic nitrogens is 1. The highest BCUT2D eigenvalue weighted by molar-refractivity contribution is 6.35. The molecule has 1 aromatic heterocycles. The molecule has 7 heteroatoms. The van der Waals surface area contributed by atoms with Crippen LogP contribution >= 0.6 is 11.6 Å². The second-order valence-corrected chi connectivity index (χ2v) is 6.10. The third kappa shape index (κ3) is 2.64. The molecule has 0 saturated carbocycles. The Hall–Kier alpha value is -2.18. The molecule has 6 nitrogen and oxygen atoms in total. The molecule has 1 aliphatic rings. The van der Waals surface area contributed by atoms with Gasteiger partial charge in [0.05, 0.1) is 18.7 Å². The molecular weight excluding hydrogens is 318 g/mol. The molecule has 23 heavy (non-hydrogen) atoms. The zero-order chi connectivity index (χ0) is 16.6. The number of imide groups is 1. The molecule has 1 fully saturated rings. The van der Waals surface area contributed by atoms with Gasteiger partial charge in [0.2, 0.25) is 0 Å². The Bertz CT molecular complexity index is 795. The van der Waals surface area contributed by atoms with Crippen LogP contribution in [0.5, 0.6) is 0 Å². The molecule has 1 aliphatic heterocycles. The van der Waals surface area contributed by atoms with E-state index in [9.17, 15) is 9.59 Å². The van der Waals surface area contributed by atoms with Crippen LogP contribution in [0.4, 0.5) is 4.79 Å². The van der Waals surface area contributed by atoms with Gasteiger partial charge in [-0.15, -0.1) is 0 Å². The summed E-state index contributed by atoms with van der Waals surface area (Å²) in [5, 5.41) is 4.05. The van der Waals surface area contributed by atoms with Gasteiger partial charge in [-0.25, -0.2) is 4.79 Å². The highest BCUT2D eigenvalue weighted by Crippen LogP contribution is 2.27. The zero-order valence-corrected chi connectivity index (χ0v) is 13.6. The highest BCUT2D eigenvalue weighted by Gasteiger charge is 2.47. The molecular formula is C16H16ClN3O3. The van der Waals surface area contributed by atoms with Gasteiger partial charge in [0, 0.05) is 23.7 Å². The average Bonchev–Trinajstić information content (AvgIpc) is 2.73. The van der Waals surface area contributed by atoms with Crippen LogP contribution in [0.1, 0.15) is 12.5 Å². The Balaban J connectivity index is 1.95. The van der Waals surface area contributed by atoms with E-state index in [1.165, 1.54) is 12.0 Å². The third-order valence-corrected chi connectivity index (χ3v) is 4.24.